The number of aryl methyl sites for hydroxylation is 1. The molecule has 78 valence electrons. The maximum atomic E-state index is 5.70. The Hall–Kier alpha value is -1.78. The zero-order valence-electron chi connectivity index (χ0n) is 8.47. The molecule has 5 heteroatoms. The Labute approximate surface area is 86.9 Å². The van der Waals surface area contributed by atoms with Gasteiger partial charge in [0.25, 0.3) is 0 Å². The van der Waals surface area contributed by atoms with E-state index in [1.807, 2.05) is 6.07 Å². The lowest BCUT2D eigenvalue weighted by Crippen LogP contribution is -1.96. The van der Waals surface area contributed by atoms with E-state index in [-0.39, 0.29) is 0 Å². The largest absolute Gasteiger partial charge is 0.384 e. The molecule has 0 unspecified atom stereocenters. The summed E-state index contributed by atoms with van der Waals surface area (Å²) in [7, 11) is 1.80. The Balaban J connectivity index is 1.97. The molecule has 1 aliphatic carbocycles. The van der Waals surface area contributed by atoms with Crippen LogP contribution in [0.25, 0.3) is 11.5 Å². The molecule has 15 heavy (non-hydrogen) atoms. The Morgan fingerprint density at radius 3 is 2.87 bits per heavy atom. The molecule has 1 aliphatic rings. The Morgan fingerprint density at radius 2 is 2.27 bits per heavy atom. The van der Waals surface area contributed by atoms with E-state index in [1.54, 1.807) is 17.8 Å². The molecule has 0 spiro atoms. The maximum Gasteiger partial charge on any atom is 0.187 e. The van der Waals surface area contributed by atoms with Gasteiger partial charge in [0, 0.05) is 25.1 Å². The van der Waals surface area contributed by atoms with Crippen LogP contribution in [-0.4, -0.2) is 14.9 Å². The molecule has 2 N–H and O–H groups in total. The number of hydrogen-bond acceptors (Lipinski definition) is 4. The zero-order chi connectivity index (χ0) is 10.4. The SMILES string of the molecule is Cn1nc(-c2cc(C3CC3)no2)cc1N. The number of nitrogens with zero attached hydrogens (tertiary/aromatic N) is 3. The lowest BCUT2D eigenvalue weighted by molar-refractivity contribution is 0.422. The van der Waals surface area contributed by atoms with Crippen LogP contribution in [0.3, 0.4) is 0 Å². The van der Waals surface area contributed by atoms with Crippen LogP contribution in [0, 0.1) is 0 Å². The molecule has 0 bridgehead atoms. The van der Waals surface area contributed by atoms with Gasteiger partial charge in [-0.15, -0.1) is 0 Å². The van der Waals surface area contributed by atoms with Gasteiger partial charge in [-0.2, -0.15) is 5.10 Å². The van der Waals surface area contributed by atoms with E-state index in [0.717, 1.165) is 11.4 Å². The fraction of sp³-hybridized carbons (Fsp3) is 0.400. The first kappa shape index (κ1) is 8.52. The van der Waals surface area contributed by atoms with Crippen molar-refractivity contribution >= 4 is 5.82 Å². The van der Waals surface area contributed by atoms with Gasteiger partial charge in [0.2, 0.25) is 0 Å². The Morgan fingerprint density at radius 1 is 1.47 bits per heavy atom. The summed E-state index contributed by atoms with van der Waals surface area (Å²) in [5, 5.41) is 8.26. The average Bonchev–Trinajstić information content (AvgIpc) is 2.85. The highest BCUT2D eigenvalue weighted by atomic mass is 16.5. The minimum Gasteiger partial charge on any atom is -0.384 e. The quantitative estimate of drug-likeness (QED) is 0.805. The summed E-state index contributed by atoms with van der Waals surface area (Å²) in [5.41, 5.74) is 7.48. The standard InChI is InChI=1S/C10H12N4O/c1-14-10(11)5-8(12-14)9-4-7(13-15-9)6-2-3-6/h4-6H,2-3,11H2,1H3. The lowest BCUT2D eigenvalue weighted by Gasteiger charge is -1.88. The summed E-state index contributed by atoms with van der Waals surface area (Å²) in [6.45, 7) is 0. The van der Waals surface area contributed by atoms with Crippen LogP contribution in [0.15, 0.2) is 16.7 Å². The number of rotatable bonds is 2. The Kier molecular flexibility index (Phi) is 1.62. The highest BCUT2D eigenvalue weighted by molar-refractivity contribution is 5.56. The molecule has 0 radical (unpaired) electrons. The van der Waals surface area contributed by atoms with Crippen molar-refractivity contribution in [1.29, 1.82) is 0 Å². The van der Waals surface area contributed by atoms with Crippen molar-refractivity contribution < 1.29 is 4.52 Å². The molecule has 0 amide bonds. The number of anilines is 1. The van der Waals surface area contributed by atoms with E-state index in [1.165, 1.54) is 12.8 Å². The second kappa shape index (κ2) is 2.85. The van der Waals surface area contributed by atoms with Crippen LogP contribution in [0.2, 0.25) is 0 Å². The van der Waals surface area contributed by atoms with Gasteiger partial charge in [0.1, 0.15) is 11.5 Å². The average molecular weight is 204 g/mol. The highest BCUT2D eigenvalue weighted by Gasteiger charge is 2.27. The van der Waals surface area contributed by atoms with Crippen molar-refractivity contribution in [3.05, 3.63) is 17.8 Å². The van der Waals surface area contributed by atoms with E-state index in [2.05, 4.69) is 10.3 Å². The third kappa shape index (κ3) is 1.40. The maximum absolute atomic E-state index is 5.70. The van der Waals surface area contributed by atoms with Gasteiger partial charge in [-0.05, 0) is 12.8 Å². The fourth-order valence-corrected chi connectivity index (χ4v) is 1.58. The molecular weight excluding hydrogens is 192 g/mol. The second-order valence-electron chi connectivity index (χ2n) is 3.97. The summed E-state index contributed by atoms with van der Waals surface area (Å²) in [6.07, 6.45) is 2.44. The molecule has 0 atom stereocenters. The van der Waals surface area contributed by atoms with Gasteiger partial charge in [0.05, 0.1) is 5.69 Å². The van der Waals surface area contributed by atoms with Gasteiger partial charge in [-0.25, -0.2) is 0 Å². The first-order valence-corrected chi connectivity index (χ1v) is 5.00. The first-order valence-electron chi connectivity index (χ1n) is 5.00. The molecule has 0 aliphatic heterocycles. The predicted molar refractivity (Wildman–Crippen MR) is 55.1 cm³/mol. The number of hydrogen-bond donors (Lipinski definition) is 1. The molecule has 1 saturated carbocycles. The van der Waals surface area contributed by atoms with E-state index >= 15 is 0 Å². The van der Waals surface area contributed by atoms with Crippen molar-refractivity contribution in [2.75, 3.05) is 5.73 Å². The van der Waals surface area contributed by atoms with Gasteiger partial charge < -0.3 is 10.3 Å². The third-order valence-corrected chi connectivity index (χ3v) is 2.69. The molecule has 2 aromatic heterocycles. The monoisotopic (exact) mass is 204 g/mol. The normalized spacial score (nSPS) is 15.8. The number of nitrogens with two attached hydrogens (primary N) is 1. The number of nitrogen functional groups attached to an aromatic ring is 1. The van der Waals surface area contributed by atoms with E-state index in [4.69, 9.17) is 10.3 Å². The van der Waals surface area contributed by atoms with Crippen molar-refractivity contribution in [1.82, 2.24) is 14.9 Å². The summed E-state index contributed by atoms with van der Waals surface area (Å²) in [6, 6.07) is 3.75. The summed E-state index contributed by atoms with van der Waals surface area (Å²) < 4.78 is 6.86. The van der Waals surface area contributed by atoms with Crippen molar-refractivity contribution in [3.8, 4) is 11.5 Å². The predicted octanol–water partition coefficient (Wildman–Crippen LogP) is 1.53. The van der Waals surface area contributed by atoms with Crippen molar-refractivity contribution in [2.45, 2.75) is 18.8 Å². The molecule has 0 aromatic carbocycles. The van der Waals surface area contributed by atoms with Gasteiger partial charge in [-0.1, -0.05) is 5.16 Å². The third-order valence-electron chi connectivity index (χ3n) is 2.69. The van der Waals surface area contributed by atoms with Crippen LogP contribution in [0.1, 0.15) is 24.5 Å². The molecule has 1 fully saturated rings. The van der Waals surface area contributed by atoms with E-state index in [0.29, 0.717) is 17.5 Å². The van der Waals surface area contributed by atoms with Crippen molar-refractivity contribution in [2.24, 2.45) is 7.05 Å². The summed E-state index contributed by atoms with van der Waals surface area (Å²) in [4.78, 5) is 0. The minimum absolute atomic E-state index is 0.601. The van der Waals surface area contributed by atoms with Crippen LogP contribution < -0.4 is 5.73 Å². The molecule has 3 rings (SSSR count). The first-order chi connectivity index (χ1) is 7.24. The topological polar surface area (TPSA) is 69.9 Å². The smallest absolute Gasteiger partial charge is 0.187 e. The number of aromatic nitrogens is 3. The molecule has 2 aromatic rings. The Bertz CT molecular complexity index is 476. The molecule has 0 saturated heterocycles. The minimum atomic E-state index is 0.601. The van der Waals surface area contributed by atoms with Gasteiger partial charge in [-0.3, -0.25) is 4.68 Å². The highest BCUT2D eigenvalue weighted by Crippen LogP contribution is 2.40. The molecule has 2 heterocycles. The van der Waals surface area contributed by atoms with Crippen LogP contribution in [0.5, 0.6) is 0 Å². The van der Waals surface area contributed by atoms with E-state index < -0.39 is 0 Å². The van der Waals surface area contributed by atoms with E-state index in [9.17, 15) is 0 Å². The van der Waals surface area contributed by atoms with Crippen LogP contribution in [-0.2, 0) is 7.05 Å². The summed E-state index contributed by atoms with van der Waals surface area (Å²) in [5.74, 6) is 1.92. The van der Waals surface area contributed by atoms with Gasteiger partial charge in [0.15, 0.2) is 5.76 Å². The molecular formula is C10H12N4O. The molecule has 5 nitrogen and oxygen atoms in total. The van der Waals surface area contributed by atoms with Crippen LogP contribution >= 0.6 is 0 Å². The second-order valence-corrected chi connectivity index (χ2v) is 3.97. The zero-order valence-corrected chi connectivity index (χ0v) is 8.47. The fourth-order valence-electron chi connectivity index (χ4n) is 1.58. The van der Waals surface area contributed by atoms with Crippen molar-refractivity contribution in [3.63, 3.8) is 0 Å². The van der Waals surface area contributed by atoms with Gasteiger partial charge >= 0.3 is 0 Å². The summed E-state index contributed by atoms with van der Waals surface area (Å²) >= 11 is 0. The van der Waals surface area contributed by atoms with Crippen LogP contribution in [0.4, 0.5) is 5.82 Å². The lowest BCUT2D eigenvalue weighted by atomic mass is 10.2.